The first-order valence-electron chi connectivity index (χ1n) is 6.89. The number of aromatic nitrogens is 1. The Hall–Kier alpha value is -1.26. The Balaban J connectivity index is 1.79. The zero-order chi connectivity index (χ0) is 14.4. The van der Waals surface area contributed by atoms with E-state index < -0.39 is 0 Å². The summed E-state index contributed by atoms with van der Waals surface area (Å²) in [5.41, 5.74) is 3.78. The normalized spacial score (nSPS) is 13.4. The van der Waals surface area contributed by atoms with Crippen molar-refractivity contribution in [2.45, 2.75) is 13.0 Å². The van der Waals surface area contributed by atoms with Gasteiger partial charge in [0.2, 0.25) is 0 Å². The van der Waals surface area contributed by atoms with Crippen molar-refractivity contribution in [3.05, 3.63) is 62.7 Å². The zero-order valence-corrected chi connectivity index (χ0v) is 14.4. The quantitative estimate of drug-likeness (QED) is 0.574. The van der Waals surface area contributed by atoms with Gasteiger partial charge in [0.15, 0.2) is 0 Å². The molecule has 4 heteroatoms. The maximum atomic E-state index is 5.82. The summed E-state index contributed by atoms with van der Waals surface area (Å²) >= 11 is 7.13. The van der Waals surface area contributed by atoms with Gasteiger partial charge < -0.3 is 9.30 Å². The van der Waals surface area contributed by atoms with E-state index in [1.165, 1.54) is 22.0 Å². The third-order valence-corrected chi connectivity index (χ3v) is 4.85. The second-order valence-corrected chi connectivity index (χ2v) is 7.13. The smallest absolute Gasteiger partial charge is 0.127 e. The summed E-state index contributed by atoms with van der Waals surface area (Å²) in [5.74, 6) is 1.07. The molecule has 0 atom stereocenters. The van der Waals surface area contributed by atoms with Crippen LogP contribution in [0.4, 0.5) is 0 Å². The highest BCUT2D eigenvalue weighted by atomic mass is 79.9. The fourth-order valence-electron chi connectivity index (χ4n) is 2.96. The zero-order valence-electron chi connectivity index (χ0n) is 11.3. The molecule has 4 rings (SSSR count). The number of benzene rings is 2. The lowest BCUT2D eigenvalue weighted by Gasteiger charge is -2.11. The first kappa shape index (κ1) is 13.4. The SMILES string of the molecule is Brc1cc2c(c(Cn3ccc4cc(Br)ccc43)c1)OCC2. The monoisotopic (exact) mass is 405 g/mol. The highest BCUT2D eigenvalue weighted by Gasteiger charge is 2.18. The predicted molar refractivity (Wildman–Crippen MR) is 92.1 cm³/mol. The molecule has 0 bridgehead atoms. The molecule has 0 saturated heterocycles. The molecule has 0 radical (unpaired) electrons. The fourth-order valence-corrected chi connectivity index (χ4v) is 3.89. The summed E-state index contributed by atoms with van der Waals surface area (Å²) in [6.45, 7) is 1.62. The first-order chi connectivity index (χ1) is 10.2. The van der Waals surface area contributed by atoms with Gasteiger partial charge in [-0.3, -0.25) is 0 Å². The Bertz CT molecular complexity index is 838. The molecule has 0 N–H and O–H groups in total. The second kappa shape index (κ2) is 5.18. The second-order valence-electron chi connectivity index (χ2n) is 5.30. The summed E-state index contributed by atoms with van der Waals surface area (Å²) < 4.78 is 10.3. The van der Waals surface area contributed by atoms with Gasteiger partial charge >= 0.3 is 0 Å². The summed E-state index contributed by atoms with van der Waals surface area (Å²) in [6, 6.07) is 12.9. The molecule has 2 aromatic carbocycles. The number of ether oxygens (including phenoxy) is 1. The Morgan fingerprint density at radius 1 is 1.05 bits per heavy atom. The third-order valence-electron chi connectivity index (χ3n) is 3.90. The molecule has 1 aromatic heterocycles. The standard InChI is InChI=1S/C17H13Br2NO/c18-14-1-2-16-11(7-14)3-5-20(16)10-13-9-15(19)8-12-4-6-21-17(12)13/h1-3,5,7-9H,4,6,10H2. The van der Waals surface area contributed by atoms with E-state index >= 15 is 0 Å². The Morgan fingerprint density at radius 2 is 1.95 bits per heavy atom. The number of fused-ring (bicyclic) bond motifs is 2. The Morgan fingerprint density at radius 3 is 2.86 bits per heavy atom. The van der Waals surface area contributed by atoms with Gasteiger partial charge in [-0.15, -0.1) is 0 Å². The van der Waals surface area contributed by atoms with Crippen molar-refractivity contribution in [1.82, 2.24) is 4.57 Å². The van der Waals surface area contributed by atoms with Crippen LogP contribution in [0.1, 0.15) is 11.1 Å². The summed E-state index contributed by atoms with van der Waals surface area (Å²) in [6.07, 6.45) is 3.14. The maximum Gasteiger partial charge on any atom is 0.127 e. The topological polar surface area (TPSA) is 14.2 Å². The van der Waals surface area contributed by atoms with Gasteiger partial charge in [0.05, 0.1) is 13.2 Å². The lowest BCUT2D eigenvalue weighted by Crippen LogP contribution is -2.00. The van der Waals surface area contributed by atoms with Crippen LogP contribution in [0.5, 0.6) is 5.75 Å². The van der Waals surface area contributed by atoms with Crippen LogP contribution in [0.25, 0.3) is 10.9 Å². The van der Waals surface area contributed by atoms with Gasteiger partial charge in [0.25, 0.3) is 0 Å². The Labute approximate surface area is 140 Å². The molecule has 0 spiro atoms. The molecule has 0 amide bonds. The van der Waals surface area contributed by atoms with Crippen LogP contribution in [0, 0.1) is 0 Å². The molecule has 1 aliphatic rings. The molecule has 2 heterocycles. The average molecular weight is 407 g/mol. The molecule has 21 heavy (non-hydrogen) atoms. The minimum absolute atomic E-state index is 0.790. The van der Waals surface area contributed by atoms with Gasteiger partial charge in [0, 0.05) is 38.0 Å². The van der Waals surface area contributed by atoms with E-state index in [0.717, 1.165) is 34.3 Å². The average Bonchev–Trinajstić information content (AvgIpc) is 3.05. The van der Waals surface area contributed by atoms with E-state index in [-0.39, 0.29) is 0 Å². The summed E-state index contributed by atoms with van der Waals surface area (Å²) in [4.78, 5) is 0. The van der Waals surface area contributed by atoms with Crippen LogP contribution < -0.4 is 4.74 Å². The summed E-state index contributed by atoms with van der Waals surface area (Å²) in [5, 5.41) is 1.25. The number of halogens is 2. The molecular formula is C17H13Br2NO. The number of rotatable bonds is 2. The molecule has 0 saturated carbocycles. The van der Waals surface area contributed by atoms with Crippen molar-refractivity contribution in [2.75, 3.05) is 6.61 Å². The van der Waals surface area contributed by atoms with E-state index in [9.17, 15) is 0 Å². The van der Waals surface area contributed by atoms with Gasteiger partial charge in [-0.1, -0.05) is 31.9 Å². The lowest BCUT2D eigenvalue weighted by atomic mass is 10.1. The van der Waals surface area contributed by atoms with Gasteiger partial charge in [-0.2, -0.15) is 0 Å². The van der Waals surface area contributed by atoms with E-state index in [0.29, 0.717) is 0 Å². The summed E-state index contributed by atoms with van der Waals surface area (Å²) in [7, 11) is 0. The highest BCUT2D eigenvalue weighted by Crippen LogP contribution is 2.34. The fraction of sp³-hybridized carbons (Fsp3) is 0.176. The van der Waals surface area contributed by atoms with E-state index in [4.69, 9.17) is 4.74 Å². The largest absolute Gasteiger partial charge is 0.493 e. The Kier molecular flexibility index (Phi) is 3.31. The molecule has 0 unspecified atom stereocenters. The van der Waals surface area contributed by atoms with E-state index in [1.807, 2.05) is 0 Å². The molecule has 1 aliphatic heterocycles. The predicted octanol–water partition coefficient (Wildman–Crippen LogP) is 5.15. The molecule has 106 valence electrons. The molecule has 0 aliphatic carbocycles. The molecular weight excluding hydrogens is 394 g/mol. The van der Waals surface area contributed by atoms with Gasteiger partial charge in [-0.05, 0) is 42.0 Å². The number of nitrogens with zero attached hydrogens (tertiary/aromatic N) is 1. The van der Waals surface area contributed by atoms with Gasteiger partial charge in [0.1, 0.15) is 5.75 Å². The van der Waals surface area contributed by atoms with Crippen molar-refractivity contribution in [3.63, 3.8) is 0 Å². The van der Waals surface area contributed by atoms with Crippen LogP contribution in [-0.4, -0.2) is 11.2 Å². The van der Waals surface area contributed by atoms with E-state index in [1.54, 1.807) is 0 Å². The van der Waals surface area contributed by atoms with Crippen LogP contribution >= 0.6 is 31.9 Å². The van der Waals surface area contributed by atoms with Crippen molar-refractivity contribution < 1.29 is 4.74 Å². The first-order valence-corrected chi connectivity index (χ1v) is 8.48. The van der Waals surface area contributed by atoms with E-state index in [2.05, 4.69) is 79.0 Å². The minimum Gasteiger partial charge on any atom is -0.493 e. The molecule has 3 aromatic rings. The lowest BCUT2D eigenvalue weighted by molar-refractivity contribution is 0.353. The van der Waals surface area contributed by atoms with Crippen LogP contribution in [0.2, 0.25) is 0 Å². The minimum atomic E-state index is 0.790. The molecule has 2 nitrogen and oxygen atoms in total. The van der Waals surface area contributed by atoms with Crippen LogP contribution in [0.3, 0.4) is 0 Å². The number of hydrogen-bond acceptors (Lipinski definition) is 1. The van der Waals surface area contributed by atoms with Crippen LogP contribution in [0.15, 0.2) is 51.5 Å². The number of hydrogen-bond donors (Lipinski definition) is 0. The van der Waals surface area contributed by atoms with Crippen molar-refractivity contribution in [2.24, 2.45) is 0 Å². The van der Waals surface area contributed by atoms with Gasteiger partial charge in [-0.25, -0.2) is 0 Å². The van der Waals surface area contributed by atoms with Crippen molar-refractivity contribution in [1.29, 1.82) is 0 Å². The van der Waals surface area contributed by atoms with Crippen LogP contribution in [-0.2, 0) is 13.0 Å². The highest BCUT2D eigenvalue weighted by molar-refractivity contribution is 9.10. The third kappa shape index (κ3) is 2.40. The van der Waals surface area contributed by atoms with Crippen molar-refractivity contribution >= 4 is 42.8 Å². The maximum absolute atomic E-state index is 5.82. The molecule has 0 fully saturated rings. The van der Waals surface area contributed by atoms with Crippen molar-refractivity contribution in [3.8, 4) is 5.75 Å².